The molecule has 0 aliphatic carbocycles. The fraction of sp³-hybridized carbons (Fsp3) is 0.520. The van der Waals surface area contributed by atoms with Crippen LogP contribution < -0.4 is 9.47 Å². The molecule has 1 atom stereocenters. The van der Waals surface area contributed by atoms with Gasteiger partial charge in [-0.2, -0.15) is 0 Å². The first kappa shape index (κ1) is 22.9. The van der Waals surface area contributed by atoms with Crippen molar-refractivity contribution in [3.63, 3.8) is 0 Å². The summed E-state index contributed by atoms with van der Waals surface area (Å²) in [6, 6.07) is 5.66. The number of methoxy groups -OCH3 is 1. The van der Waals surface area contributed by atoms with Gasteiger partial charge >= 0.3 is 0 Å². The van der Waals surface area contributed by atoms with E-state index in [2.05, 4.69) is 19.0 Å². The van der Waals surface area contributed by atoms with Gasteiger partial charge in [0.05, 0.1) is 18.4 Å². The molecule has 0 N–H and O–H groups in total. The molecule has 2 aromatic rings. The lowest BCUT2D eigenvalue weighted by Crippen LogP contribution is -2.44. The first-order chi connectivity index (χ1) is 14.8. The van der Waals surface area contributed by atoms with Crippen molar-refractivity contribution < 1.29 is 18.8 Å². The Morgan fingerprint density at radius 2 is 2.13 bits per heavy atom. The van der Waals surface area contributed by atoms with Gasteiger partial charge in [-0.25, -0.2) is 0 Å². The Hall–Kier alpha value is -2.76. The Bertz CT molecular complexity index is 910. The molecule has 1 aromatic carbocycles. The lowest BCUT2D eigenvalue weighted by atomic mass is 9.78. The smallest absolute Gasteiger partial charge is 0.246 e. The second-order valence-corrected chi connectivity index (χ2v) is 8.76. The van der Waals surface area contributed by atoms with Crippen LogP contribution in [-0.4, -0.2) is 36.2 Å². The van der Waals surface area contributed by atoms with E-state index in [1.165, 1.54) is 6.42 Å². The lowest BCUT2D eigenvalue weighted by molar-refractivity contribution is -0.129. The first-order valence-corrected chi connectivity index (χ1v) is 11.0. The molecule has 31 heavy (non-hydrogen) atoms. The van der Waals surface area contributed by atoms with Crippen LogP contribution in [0.15, 0.2) is 28.8 Å². The molecule has 0 saturated carbocycles. The highest BCUT2D eigenvalue weighted by atomic mass is 16.5. The summed E-state index contributed by atoms with van der Waals surface area (Å²) >= 11 is 0. The van der Waals surface area contributed by atoms with Crippen molar-refractivity contribution in [1.29, 1.82) is 0 Å². The number of ether oxygens (including phenoxy) is 2. The molecule has 1 aliphatic rings. The number of likely N-dealkylation sites (tertiary alicyclic amines) is 1. The third-order valence-electron chi connectivity index (χ3n) is 6.11. The zero-order chi connectivity index (χ0) is 22.4. The highest BCUT2D eigenvalue weighted by Gasteiger charge is 2.31. The third kappa shape index (κ3) is 5.69. The number of aromatic nitrogens is 1. The molecule has 0 radical (unpaired) electrons. The molecule has 1 saturated heterocycles. The zero-order valence-corrected chi connectivity index (χ0v) is 19.4. The van der Waals surface area contributed by atoms with E-state index >= 15 is 0 Å². The van der Waals surface area contributed by atoms with Crippen LogP contribution in [0.4, 0.5) is 0 Å². The summed E-state index contributed by atoms with van der Waals surface area (Å²) in [6.45, 7) is 10.3. The maximum absolute atomic E-state index is 12.8. The molecular weight excluding hydrogens is 392 g/mol. The van der Waals surface area contributed by atoms with E-state index < -0.39 is 0 Å². The van der Waals surface area contributed by atoms with Crippen LogP contribution in [0.25, 0.3) is 6.08 Å². The quantitative estimate of drug-likeness (QED) is 0.535. The van der Waals surface area contributed by atoms with Gasteiger partial charge in [0.2, 0.25) is 5.91 Å². The molecule has 1 unspecified atom stereocenters. The minimum atomic E-state index is 0.0692. The van der Waals surface area contributed by atoms with E-state index in [1.54, 1.807) is 13.2 Å². The summed E-state index contributed by atoms with van der Waals surface area (Å²) in [4.78, 5) is 14.7. The summed E-state index contributed by atoms with van der Waals surface area (Å²) in [7, 11) is 1.61. The Labute approximate surface area is 185 Å². The van der Waals surface area contributed by atoms with E-state index in [0.717, 1.165) is 54.9 Å². The molecule has 6 heteroatoms. The summed E-state index contributed by atoms with van der Waals surface area (Å²) in [5, 5.41) is 3.95. The number of benzene rings is 1. The van der Waals surface area contributed by atoms with E-state index in [1.807, 2.05) is 43.0 Å². The minimum absolute atomic E-state index is 0.0692. The summed E-state index contributed by atoms with van der Waals surface area (Å²) in [5.74, 6) is 2.08. The number of nitrogens with zero attached hydrogens (tertiary/aromatic N) is 2. The van der Waals surface area contributed by atoms with Gasteiger partial charge in [0, 0.05) is 19.2 Å². The monoisotopic (exact) mass is 426 g/mol. The fourth-order valence-corrected chi connectivity index (χ4v) is 4.35. The van der Waals surface area contributed by atoms with Gasteiger partial charge in [0.25, 0.3) is 0 Å². The number of hydrogen-bond donors (Lipinski definition) is 0. The van der Waals surface area contributed by atoms with Gasteiger partial charge in [-0.05, 0) is 62.3 Å². The van der Waals surface area contributed by atoms with Gasteiger partial charge in [0.1, 0.15) is 12.4 Å². The van der Waals surface area contributed by atoms with Crippen molar-refractivity contribution in [2.24, 2.45) is 5.41 Å². The molecule has 1 aromatic heterocycles. The van der Waals surface area contributed by atoms with Crippen molar-refractivity contribution in [3.05, 3.63) is 46.9 Å². The summed E-state index contributed by atoms with van der Waals surface area (Å²) in [6.07, 6.45) is 8.08. The van der Waals surface area contributed by atoms with Gasteiger partial charge in [-0.1, -0.05) is 31.5 Å². The fourth-order valence-electron chi connectivity index (χ4n) is 4.35. The Balaban J connectivity index is 1.65. The predicted octanol–water partition coefficient (Wildman–Crippen LogP) is 5.32. The molecule has 2 heterocycles. The van der Waals surface area contributed by atoms with E-state index in [9.17, 15) is 4.79 Å². The van der Waals surface area contributed by atoms with Crippen LogP contribution >= 0.6 is 0 Å². The highest BCUT2D eigenvalue weighted by molar-refractivity contribution is 5.92. The van der Waals surface area contributed by atoms with Gasteiger partial charge in [0.15, 0.2) is 11.5 Å². The zero-order valence-electron chi connectivity index (χ0n) is 19.4. The number of piperidine rings is 1. The maximum atomic E-state index is 12.8. The normalized spacial score (nSPS) is 19.1. The Morgan fingerprint density at radius 3 is 2.81 bits per heavy atom. The first-order valence-electron chi connectivity index (χ1n) is 11.0. The molecule has 3 rings (SSSR count). The predicted molar refractivity (Wildman–Crippen MR) is 121 cm³/mol. The van der Waals surface area contributed by atoms with Crippen LogP contribution in [0.1, 0.15) is 62.1 Å². The second kappa shape index (κ2) is 10.0. The Morgan fingerprint density at radius 1 is 1.32 bits per heavy atom. The second-order valence-electron chi connectivity index (χ2n) is 8.76. The lowest BCUT2D eigenvalue weighted by Gasteiger charge is -2.40. The molecule has 6 nitrogen and oxygen atoms in total. The van der Waals surface area contributed by atoms with Crippen LogP contribution in [0.2, 0.25) is 0 Å². The standard InChI is InChI=1S/C25H34N2O4/c1-6-12-25(4)13-7-14-27(17-25)24(28)11-9-20-8-10-22(23(15-20)29-5)30-16-21-18(2)26-31-19(21)3/h8-11,15H,6-7,12-14,16-17H2,1-5H3/b11-9+. The number of amides is 1. The van der Waals surface area contributed by atoms with Crippen molar-refractivity contribution in [3.8, 4) is 11.5 Å². The van der Waals surface area contributed by atoms with E-state index in [-0.39, 0.29) is 11.3 Å². The Kier molecular flexibility index (Phi) is 7.42. The topological polar surface area (TPSA) is 64.8 Å². The van der Waals surface area contributed by atoms with Crippen molar-refractivity contribution in [2.75, 3.05) is 20.2 Å². The SMILES string of the molecule is CCCC1(C)CCCN(C(=O)/C=C/c2ccc(OCc3c(C)noc3C)c(OC)c2)C1. The molecule has 168 valence electrons. The number of carbonyl (C=O) groups excluding carboxylic acids is 1. The number of aryl methyl sites for hydroxylation is 2. The van der Waals surface area contributed by atoms with Crippen molar-refractivity contribution in [1.82, 2.24) is 10.1 Å². The average Bonchev–Trinajstić information content (AvgIpc) is 3.08. The minimum Gasteiger partial charge on any atom is -0.493 e. The molecule has 0 spiro atoms. The largest absolute Gasteiger partial charge is 0.493 e. The maximum Gasteiger partial charge on any atom is 0.246 e. The highest BCUT2D eigenvalue weighted by Crippen LogP contribution is 2.34. The van der Waals surface area contributed by atoms with E-state index in [4.69, 9.17) is 14.0 Å². The van der Waals surface area contributed by atoms with Crippen LogP contribution in [0.5, 0.6) is 11.5 Å². The van der Waals surface area contributed by atoms with Crippen LogP contribution in [-0.2, 0) is 11.4 Å². The van der Waals surface area contributed by atoms with Gasteiger partial charge in [-0.15, -0.1) is 0 Å². The van der Waals surface area contributed by atoms with Crippen LogP contribution in [0.3, 0.4) is 0 Å². The van der Waals surface area contributed by atoms with Crippen molar-refractivity contribution >= 4 is 12.0 Å². The molecular formula is C25H34N2O4. The molecule has 1 aliphatic heterocycles. The molecule has 0 bridgehead atoms. The van der Waals surface area contributed by atoms with Gasteiger partial charge in [-0.3, -0.25) is 4.79 Å². The van der Waals surface area contributed by atoms with E-state index in [0.29, 0.717) is 18.1 Å². The average molecular weight is 427 g/mol. The molecule has 1 amide bonds. The van der Waals surface area contributed by atoms with Gasteiger partial charge < -0.3 is 18.9 Å². The number of hydrogen-bond acceptors (Lipinski definition) is 5. The van der Waals surface area contributed by atoms with Crippen molar-refractivity contribution in [2.45, 2.75) is 60.0 Å². The summed E-state index contributed by atoms with van der Waals surface area (Å²) < 4.78 is 16.6. The van der Waals surface area contributed by atoms with Crippen LogP contribution in [0, 0.1) is 19.3 Å². The summed E-state index contributed by atoms with van der Waals surface area (Å²) in [5.41, 5.74) is 2.89. The number of carbonyl (C=O) groups is 1. The number of rotatable bonds is 8. The molecule has 1 fully saturated rings. The third-order valence-corrected chi connectivity index (χ3v) is 6.11.